The molecule has 0 unspecified atom stereocenters. The third-order valence-electron chi connectivity index (χ3n) is 2.65. The molecule has 116 valence electrons. The highest BCUT2D eigenvalue weighted by atomic mass is 32.2. The standard InChI is InChI=1S/C13H24N2O3S2/c1-11(2)4-6-18-7-5-15-20(16,17)13-8-12(9-14-3)10-19-13/h8,10-11,14-15H,4-7,9H2,1-3H3. The zero-order chi connectivity index (χ0) is 15.0. The van der Waals surface area contributed by atoms with Gasteiger partial charge in [-0.05, 0) is 36.4 Å². The molecule has 0 aromatic carbocycles. The van der Waals surface area contributed by atoms with Crippen LogP contribution in [-0.4, -0.2) is 35.2 Å². The molecule has 0 aliphatic carbocycles. The molecule has 0 aliphatic heterocycles. The Labute approximate surface area is 125 Å². The van der Waals surface area contributed by atoms with Gasteiger partial charge in [-0.3, -0.25) is 0 Å². The monoisotopic (exact) mass is 320 g/mol. The van der Waals surface area contributed by atoms with E-state index < -0.39 is 10.0 Å². The van der Waals surface area contributed by atoms with E-state index >= 15 is 0 Å². The molecule has 0 fully saturated rings. The Morgan fingerprint density at radius 2 is 2.10 bits per heavy atom. The maximum Gasteiger partial charge on any atom is 0.250 e. The van der Waals surface area contributed by atoms with Crippen molar-refractivity contribution in [2.75, 3.05) is 26.8 Å². The molecule has 0 spiro atoms. The fraction of sp³-hybridized carbons (Fsp3) is 0.692. The number of thiophene rings is 1. The van der Waals surface area contributed by atoms with Gasteiger partial charge >= 0.3 is 0 Å². The minimum absolute atomic E-state index is 0.305. The topological polar surface area (TPSA) is 67.4 Å². The molecule has 1 heterocycles. The third kappa shape index (κ3) is 6.32. The number of hydrogen-bond donors (Lipinski definition) is 2. The Morgan fingerprint density at radius 1 is 1.35 bits per heavy atom. The quantitative estimate of drug-likeness (QED) is 0.645. The first-order chi connectivity index (χ1) is 9.45. The summed E-state index contributed by atoms with van der Waals surface area (Å²) in [6.45, 7) is 6.31. The van der Waals surface area contributed by atoms with Gasteiger partial charge in [0.15, 0.2) is 0 Å². The predicted molar refractivity (Wildman–Crippen MR) is 82.5 cm³/mol. The summed E-state index contributed by atoms with van der Waals surface area (Å²) in [4.78, 5) is 0. The summed E-state index contributed by atoms with van der Waals surface area (Å²) in [5.41, 5.74) is 0.978. The number of hydrogen-bond acceptors (Lipinski definition) is 5. The van der Waals surface area contributed by atoms with Crippen molar-refractivity contribution in [3.8, 4) is 0 Å². The smallest absolute Gasteiger partial charge is 0.250 e. The van der Waals surface area contributed by atoms with Crippen LogP contribution < -0.4 is 10.0 Å². The zero-order valence-electron chi connectivity index (χ0n) is 12.3. The molecule has 0 saturated heterocycles. The average molecular weight is 320 g/mol. The van der Waals surface area contributed by atoms with E-state index in [9.17, 15) is 8.42 Å². The second kappa shape index (κ2) is 8.74. The van der Waals surface area contributed by atoms with Crippen molar-refractivity contribution in [3.63, 3.8) is 0 Å². The number of rotatable bonds is 10. The van der Waals surface area contributed by atoms with Crippen molar-refractivity contribution in [1.29, 1.82) is 0 Å². The zero-order valence-corrected chi connectivity index (χ0v) is 13.9. The molecule has 0 atom stereocenters. The molecule has 0 aliphatic rings. The second-order valence-corrected chi connectivity index (χ2v) is 7.90. The van der Waals surface area contributed by atoms with E-state index in [2.05, 4.69) is 23.9 Å². The van der Waals surface area contributed by atoms with Gasteiger partial charge in [-0.2, -0.15) is 0 Å². The Hall–Kier alpha value is -0.470. The summed E-state index contributed by atoms with van der Waals surface area (Å²) in [7, 11) is -1.57. The molecule has 1 aromatic heterocycles. The summed E-state index contributed by atoms with van der Waals surface area (Å²) in [6, 6.07) is 1.70. The van der Waals surface area contributed by atoms with Crippen LogP contribution in [0.25, 0.3) is 0 Å². The van der Waals surface area contributed by atoms with Crippen LogP contribution in [-0.2, 0) is 21.3 Å². The van der Waals surface area contributed by atoms with Gasteiger partial charge in [-0.1, -0.05) is 13.8 Å². The van der Waals surface area contributed by atoms with Crippen LogP contribution in [0.5, 0.6) is 0 Å². The van der Waals surface area contributed by atoms with Crippen molar-refractivity contribution in [2.24, 2.45) is 5.92 Å². The molecule has 1 aromatic rings. The fourth-order valence-electron chi connectivity index (χ4n) is 1.53. The largest absolute Gasteiger partial charge is 0.380 e. The van der Waals surface area contributed by atoms with E-state index in [1.807, 2.05) is 12.4 Å². The SMILES string of the molecule is CNCc1csc(S(=O)(=O)NCCOCCC(C)C)c1. The van der Waals surface area contributed by atoms with Crippen LogP contribution in [0, 0.1) is 5.92 Å². The Kier molecular flexibility index (Phi) is 7.68. The first-order valence-corrected chi connectivity index (χ1v) is 9.11. The molecule has 1 rings (SSSR count). The molecule has 7 heteroatoms. The van der Waals surface area contributed by atoms with E-state index in [1.165, 1.54) is 11.3 Å². The summed E-state index contributed by atoms with van der Waals surface area (Å²) < 4.78 is 32.3. The van der Waals surface area contributed by atoms with Crippen molar-refractivity contribution >= 4 is 21.4 Å². The lowest BCUT2D eigenvalue weighted by atomic mass is 10.1. The highest BCUT2D eigenvalue weighted by Crippen LogP contribution is 2.19. The van der Waals surface area contributed by atoms with Gasteiger partial charge in [0.25, 0.3) is 0 Å². The number of nitrogens with one attached hydrogen (secondary N) is 2. The maximum atomic E-state index is 12.0. The van der Waals surface area contributed by atoms with Crippen LogP contribution in [0.3, 0.4) is 0 Å². The Morgan fingerprint density at radius 3 is 2.75 bits per heavy atom. The lowest BCUT2D eigenvalue weighted by Crippen LogP contribution is -2.27. The van der Waals surface area contributed by atoms with E-state index in [0.717, 1.165) is 12.0 Å². The van der Waals surface area contributed by atoms with Crippen LogP contribution in [0.15, 0.2) is 15.7 Å². The average Bonchev–Trinajstić information content (AvgIpc) is 2.83. The van der Waals surface area contributed by atoms with Crippen LogP contribution >= 0.6 is 11.3 Å². The summed E-state index contributed by atoms with van der Waals surface area (Å²) >= 11 is 1.24. The van der Waals surface area contributed by atoms with Gasteiger partial charge in [0.2, 0.25) is 10.0 Å². The minimum atomic E-state index is -3.40. The molecule has 0 radical (unpaired) electrons. The molecule has 0 saturated carbocycles. The summed E-state index contributed by atoms with van der Waals surface area (Å²) in [5, 5.41) is 4.85. The predicted octanol–water partition coefficient (Wildman–Crippen LogP) is 1.81. The van der Waals surface area contributed by atoms with E-state index in [4.69, 9.17) is 4.74 Å². The van der Waals surface area contributed by atoms with Gasteiger partial charge in [0, 0.05) is 19.7 Å². The molecule has 0 amide bonds. The van der Waals surface area contributed by atoms with E-state index in [-0.39, 0.29) is 0 Å². The van der Waals surface area contributed by atoms with E-state index in [1.54, 1.807) is 6.07 Å². The molecule has 0 bridgehead atoms. The van der Waals surface area contributed by atoms with Crippen LogP contribution in [0.4, 0.5) is 0 Å². The highest BCUT2D eigenvalue weighted by molar-refractivity contribution is 7.91. The summed E-state index contributed by atoms with van der Waals surface area (Å²) in [5.74, 6) is 0.600. The van der Waals surface area contributed by atoms with Crippen molar-refractivity contribution in [3.05, 3.63) is 17.0 Å². The van der Waals surface area contributed by atoms with Gasteiger partial charge in [0.05, 0.1) is 6.61 Å². The summed E-state index contributed by atoms with van der Waals surface area (Å²) in [6.07, 6.45) is 0.991. The first-order valence-electron chi connectivity index (χ1n) is 6.75. The van der Waals surface area contributed by atoms with Crippen LogP contribution in [0.2, 0.25) is 0 Å². The highest BCUT2D eigenvalue weighted by Gasteiger charge is 2.15. The maximum absolute atomic E-state index is 12.0. The molecular weight excluding hydrogens is 296 g/mol. The lowest BCUT2D eigenvalue weighted by molar-refractivity contribution is 0.128. The van der Waals surface area contributed by atoms with Crippen molar-refractivity contribution < 1.29 is 13.2 Å². The lowest BCUT2D eigenvalue weighted by Gasteiger charge is -2.07. The Balaban J connectivity index is 2.33. The van der Waals surface area contributed by atoms with Crippen LogP contribution in [0.1, 0.15) is 25.8 Å². The number of ether oxygens (including phenoxy) is 1. The third-order valence-corrected chi connectivity index (χ3v) is 5.60. The van der Waals surface area contributed by atoms with E-state index in [0.29, 0.717) is 36.4 Å². The Bertz CT molecular complexity index is 484. The first kappa shape index (κ1) is 17.6. The van der Waals surface area contributed by atoms with Gasteiger partial charge in [-0.25, -0.2) is 13.1 Å². The fourth-order valence-corrected chi connectivity index (χ4v) is 3.80. The van der Waals surface area contributed by atoms with Crippen molar-refractivity contribution in [2.45, 2.75) is 31.0 Å². The van der Waals surface area contributed by atoms with Gasteiger partial charge in [0.1, 0.15) is 4.21 Å². The molecule has 20 heavy (non-hydrogen) atoms. The number of sulfonamides is 1. The minimum Gasteiger partial charge on any atom is -0.380 e. The normalized spacial score (nSPS) is 12.2. The van der Waals surface area contributed by atoms with Gasteiger partial charge in [-0.15, -0.1) is 11.3 Å². The second-order valence-electron chi connectivity index (χ2n) is 5.00. The molecule has 2 N–H and O–H groups in total. The molecule has 5 nitrogen and oxygen atoms in total. The van der Waals surface area contributed by atoms with Crippen molar-refractivity contribution in [1.82, 2.24) is 10.0 Å². The van der Waals surface area contributed by atoms with Gasteiger partial charge < -0.3 is 10.1 Å². The molecular formula is C13H24N2O3S2.